The Hall–Kier alpha value is -0.740. The third-order valence-corrected chi connectivity index (χ3v) is 1.32. The van der Waals surface area contributed by atoms with E-state index in [1.807, 2.05) is 6.08 Å². The van der Waals surface area contributed by atoms with Crippen LogP contribution in [-0.4, -0.2) is 0 Å². The topological polar surface area (TPSA) is 0 Å². The minimum atomic E-state index is 1.02. The molecular weight excluding hydrogens is 132 g/mol. The van der Waals surface area contributed by atoms with Crippen LogP contribution in [0.1, 0.15) is 39.5 Å². The Morgan fingerprint density at radius 3 is 2.55 bits per heavy atom. The van der Waals surface area contributed by atoms with Gasteiger partial charge in [0.2, 0.25) is 0 Å². The Kier molecular flexibility index (Phi) is 8.64. The largest absolute Gasteiger partial charge is 0.129 e. The minimum absolute atomic E-state index is 1.02. The number of allylic oxidation sites excluding steroid dienone is 3. The predicted molar refractivity (Wildman–Crippen MR) is 51.6 cm³/mol. The van der Waals surface area contributed by atoms with Crippen LogP contribution in [0, 0.1) is 0 Å². The summed E-state index contributed by atoms with van der Waals surface area (Å²) in [4.78, 5) is 0. The highest BCUT2D eigenvalue weighted by atomic mass is 13.8. The molecule has 0 spiro atoms. The monoisotopic (exact) mass is 150 g/mol. The van der Waals surface area contributed by atoms with Gasteiger partial charge in [0.25, 0.3) is 0 Å². The van der Waals surface area contributed by atoms with E-state index in [2.05, 4.69) is 37.8 Å². The Bertz CT molecular complexity index is 145. The van der Waals surface area contributed by atoms with Crippen molar-refractivity contribution in [2.24, 2.45) is 0 Å². The first-order valence-corrected chi connectivity index (χ1v) is 4.46. The number of hydrogen-bond donors (Lipinski definition) is 0. The van der Waals surface area contributed by atoms with Crippen LogP contribution in [0.2, 0.25) is 0 Å². The van der Waals surface area contributed by atoms with Crippen LogP contribution >= 0.6 is 0 Å². The second-order valence-electron chi connectivity index (χ2n) is 2.48. The van der Waals surface area contributed by atoms with Crippen molar-refractivity contribution < 1.29 is 0 Å². The molecular formula is C11H18. The van der Waals surface area contributed by atoms with Crippen molar-refractivity contribution in [1.29, 1.82) is 0 Å². The normalized spacial score (nSPS) is 9.64. The third-order valence-electron chi connectivity index (χ3n) is 1.32. The summed E-state index contributed by atoms with van der Waals surface area (Å²) < 4.78 is 0. The van der Waals surface area contributed by atoms with Gasteiger partial charge in [-0.2, -0.15) is 0 Å². The number of rotatable bonds is 5. The maximum atomic E-state index is 3.11. The zero-order valence-corrected chi connectivity index (χ0v) is 7.64. The second-order valence-corrected chi connectivity index (χ2v) is 2.48. The Morgan fingerprint density at radius 1 is 1.09 bits per heavy atom. The highest BCUT2D eigenvalue weighted by molar-refractivity contribution is 4.92. The molecule has 11 heavy (non-hydrogen) atoms. The SMILES string of the molecule is CCC=C=CCC=CCCC. The van der Waals surface area contributed by atoms with Crippen LogP contribution in [0.5, 0.6) is 0 Å². The summed E-state index contributed by atoms with van der Waals surface area (Å²) >= 11 is 0. The lowest BCUT2D eigenvalue weighted by atomic mass is 10.3. The molecule has 0 saturated carbocycles. The van der Waals surface area contributed by atoms with Gasteiger partial charge in [-0.1, -0.05) is 32.4 Å². The standard InChI is InChI=1S/C11H18/c1-3-5-7-9-11-10-8-6-4-2/h5,8-10H,3-4,6,11H2,1-2H3. The van der Waals surface area contributed by atoms with Gasteiger partial charge >= 0.3 is 0 Å². The summed E-state index contributed by atoms with van der Waals surface area (Å²) in [5.41, 5.74) is 3.11. The zero-order chi connectivity index (χ0) is 8.36. The van der Waals surface area contributed by atoms with Gasteiger partial charge in [0.1, 0.15) is 0 Å². The van der Waals surface area contributed by atoms with Gasteiger partial charge in [-0.25, -0.2) is 0 Å². The molecule has 0 rings (SSSR count). The van der Waals surface area contributed by atoms with E-state index in [9.17, 15) is 0 Å². The number of hydrogen-bond acceptors (Lipinski definition) is 0. The van der Waals surface area contributed by atoms with E-state index in [1.54, 1.807) is 0 Å². The van der Waals surface area contributed by atoms with Crippen molar-refractivity contribution in [3.63, 3.8) is 0 Å². The fraction of sp³-hybridized carbons (Fsp3) is 0.545. The fourth-order valence-corrected chi connectivity index (χ4v) is 0.718. The van der Waals surface area contributed by atoms with Gasteiger partial charge in [0.15, 0.2) is 0 Å². The fourth-order valence-electron chi connectivity index (χ4n) is 0.718. The van der Waals surface area contributed by atoms with Gasteiger partial charge in [-0.3, -0.25) is 0 Å². The van der Waals surface area contributed by atoms with E-state index < -0.39 is 0 Å². The molecule has 0 aromatic carbocycles. The van der Waals surface area contributed by atoms with Crippen LogP contribution in [0.25, 0.3) is 0 Å². The molecule has 0 saturated heterocycles. The van der Waals surface area contributed by atoms with E-state index >= 15 is 0 Å². The summed E-state index contributed by atoms with van der Waals surface area (Å²) in [7, 11) is 0. The molecule has 0 amide bonds. The highest BCUT2D eigenvalue weighted by Gasteiger charge is 1.71. The van der Waals surface area contributed by atoms with Crippen LogP contribution < -0.4 is 0 Å². The quantitative estimate of drug-likeness (QED) is 0.412. The van der Waals surface area contributed by atoms with Crippen molar-refractivity contribution in [1.82, 2.24) is 0 Å². The van der Waals surface area contributed by atoms with Crippen molar-refractivity contribution >= 4 is 0 Å². The third kappa shape index (κ3) is 9.26. The molecule has 0 fully saturated rings. The molecule has 0 aliphatic heterocycles. The maximum absolute atomic E-state index is 3.11. The van der Waals surface area contributed by atoms with Crippen molar-refractivity contribution in [3.8, 4) is 0 Å². The first kappa shape index (κ1) is 10.3. The predicted octanol–water partition coefficient (Wildman–Crippen LogP) is 3.85. The smallest absolute Gasteiger partial charge is 0.00930 e. The molecule has 0 nitrogen and oxygen atoms in total. The first-order valence-electron chi connectivity index (χ1n) is 4.46. The molecule has 0 aromatic rings. The molecule has 0 unspecified atom stereocenters. The van der Waals surface area contributed by atoms with Crippen LogP contribution in [-0.2, 0) is 0 Å². The Labute approximate surface area is 70.3 Å². The molecule has 0 bridgehead atoms. The lowest BCUT2D eigenvalue weighted by Gasteiger charge is -1.81. The molecule has 0 aromatic heterocycles. The van der Waals surface area contributed by atoms with E-state index in [-0.39, 0.29) is 0 Å². The summed E-state index contributed by atoms with van der Waals surface area (Å²) in [5.74, 6) is 0. The van der Waals surface area contributed by atoms with Crippen LogP contribution in [0.3, 0.4) is 0 Å². The van der Waals surface area contributed by atoms with E-state index in [1.165, 1.54) is 12.8 Å². The van der Waals surface area contributed by atoms with Crippen molar-refractivity contribution in [3.05, 3.63) is 30.0 Å². The molecule has 0 N–H and O–H groups in total. The second kappa shape index (κ2) is 9.26. The van der Waals surface area contributed by atoms with Gasteiger partial charge in [-0.15, -0.1) is 5.73 Å². The summed E-state index contributed by atoms with van der Waals surface area (Å²) in [6.07, 6.45) is 13.1. The molecule has 62 valence electrons. The molecule has 0 heteroatoms. The Balaban J connectivity index is 3.32. The van der Waals surface area contributed by atoms with E-state index in [4.69, 9.17) is 0 Å². The Morgan fingerprint density at radius 2 is 1.91 bits per heavy atom. The first-order chi connectivity index (χ1) is 5.41. The summed E-state index contributed by atoms with van der Waals surface area (Å²) in [5, 5.41) is 0. The van der Waals surface area contributed by atoms with Gasteiger partial charge < -0.3 is 0 Å². The van der Waals surface area contributed by atoms with Crippen molar-refractivity contribution in [2.45, 2.75) is 39.5 Å². The molecule has 0 atom stereocenters. The minimum Gasteiger partial charge on any atom is -0.129 e. The van der Waals surface area contributed by atoms with E-state index in [0.717, 1.165) is 12.8 Å². The molecule has 0 aliphatic rings. The highest BCUT2D eigenvalue weighted by Crippen LogP contribution is 1.91. The van der Waals surface area contributed by atoms with Crippen LogP contribution in [0.4, 0.5) is 0 Å². The van der Waals surface area contributed by atoms with E-state index in [0.29, 0.717) is 0 Å². The van der Waals surface area contributed by atoms with Crippen molar-refractivity contribution in [2.75, 3.05) is 0 Å². The van der Waals surface area contributed by atoms with Crippen LogP contribution in [0.15, 0.2) is 30.0 Å². The summed E-state index contributed by atoms with van der Waals surface area (Å²) in [6.45, 7) is 4.31. The molecule has 0 aliphatic carbocycles. The maximum Gasteiger partial charge on any atom is -0.00930 e. The molecule has 0 heterocycles. The molecule has 0 radical (unpaired) electrons. The average Bonchev–Trinajstić information content (AvgIpc) is 2.03. The van der Waals surface area contributed by atoms with Gasteiger partial charge in [0, 0.05) is 0 Å². The van der Waals surface area contributed by atoms with Gasteiger partial charge in [-0.05, 0) is 31.4 Å². The number of unbranched alkanes of at least 4 members (excludes halogenated alkanes) is 1. The lowest BCUT2D eigenvalue weighted by Crippen LogP contribution is -1.60. The summed E-state index contributed by atoms with van der Waals surface area (Å²) in [6, 6.07) is 0. The lowest BCUT2D eigenvalue weighted by molar-refractivity contribution is 0.954. The van der Waals surface area contributed by atoms with Gasteiger partial charge in [0.05, 0.1) is 0 Å². The zero-order valence-electron chi connectivity index (χ0n) is 7.64. The average molecular weight is 150 g/mol.